The molecule has 16 heavy (non-hydrogen) atoms. The smallest absolute Gasteiger partial charge is 0.0282 e. The summed E-state index contributed by atoms with van der Waals surface area (Å²) in [6, 6.07) is 11.3. The van der Waals surface area contributed by atoms with E-state index in [1.807, 2.05) is 0 Å². The van der Waals surface area contributed by atoms with Crippen LogP contribution in [0.1, 0.15) is 38.2 Å². The number of hydrogen-bond donors (Lipinski definition) is 1. The molecule has 0 aromatic heterocycles. The van der Waals surface area contributed by atoms with Gasteiger partial charge in [-0.25, -0.2) is 0 Å². The third kappa shape index (κ3) is 2.96. The Morgan fingerprint density at radius 1 is 1.25 bits per heavy atom. The van der Waals surface area contributed by atoms with Crippen molar-refractivity contribution in [2.75, 3.05) is 0 Å². The summed E-state index contributed by atoms with van der Waals surface area (Å²) in [7, 11) is 0. The van der Waals surface area contributed by atoms with Gasteiger partial charge in [-0.05, 0) is 31.7 Å². The van der Waals surface area contributed by atoms with Crippen molar-refractivity contribution in [1.82, 2.24) is 5.32 Å². The van der Waals surface area contributed by atoms with E-state index in [-0.39, 0.29) is 0 Å². The van der Waals surface area contributed by atoms with Gasteiger partial charge in [-0.3, -0.25) is 0 Å². The number of nitrogens with one attached hydrogen (secondary N) is 1. The molecule has 0 spiro atoms. The van der Waals surface area contributed by atoms with Crippen LogP contribution in [-0.4, -0.2) is 6.04 Å². The molecule has 1 heteroatoms. The van der Waals surface area contributed by atoms with E-state index in [0.29, 0.717) is 6.04 Å². The van der Waals surface area contributed by atoms with Crippen LogP contribution in [0.2, 0.25) is 0 Å². The molecule has 2 rings (SSSR count). The molecule has 0 unspecified atom stereocenters. The molecular formula is C15H21N. The predicted octanol–water partition coefficient (Wildman–Crippen LogP) is 3.67. The fourth-order valence-electron chi connectivity index (χ4n) is 2.45. The minimum Gasteiger partial charge on any atom is -0.306 e. The molecule has 1 fully saturated rings. The van der Waals surface area contributed by atoms with E-state index in [1.54, 1.807) is 5.57 Å². The van der Waals surface area contributed by atoms with Crippen LogP contribution >= 0.6 is 0 Å². The highest BCUT2D eigenvalue weighted by atomic mass is 14.9. The average molecular weight is 215 g/mol. The summed E-state index contributed by atoms with van der Waals surface area (Å²) in [6.07, 6.45) is 7.60. The molecular weight excluding hydrogens is 194 g/mol. The summed E-state index contributed by atoms with van der Waals surface area (Å²) < 4.78 is 0. The van der Waals surface area contributed by atoms with E-state index in [9.17, 15) is 0 Å². The summed E-state index contributed by atoms with van der Waals surface area (Å²) in [5.74, 6) is 0. The lowest BCUT2D eigenvalue weighted by Gasteiger charge is -2.26. The molecule has 0 amide bonds. The standard InChI is InChI=1S/C15H21N/c1-2-14-10-6-7-11-15(14)16-12-13-8-4-3-5-9-13/h2-5,8-9,15-16H,6-7,10-12H2,1H3/b14-2+/t15-/m1/s1. The Morgan fingerprint density at radius 2 is 2.06 bits per heavy atom. The van der Waals surface area contributed by atoms with Crippen LogP contribution in [0.25, 0.3) is 0 Å². The Morgan fingerprint density at radius 3 is 2.81 bits per heavy atom. The Kier molecular flexibility index (Phi) is 4.17. The third-order valence-electron chi connectivity index (χ3n) is 3.42. The highest BCUT2D eigenvalue weighted by Crippen LogP contribution is 2.23. The van der Waals surface area contributed by atoms with Crippen molar-refractivity contribution in [2.45, 2.75) is 45.2 Å². The Labute approximate surface area is 98.6 Å². The van der Waals surface area contributed by atoms with Crippen LogP contribution in [0.4, 0.5) is 0 Å². The lowest BCUT2D eigenvalue weighted by Crippen LogP contribution is -2.32. The maximum absolute atomic E-state index is 3.67. The van der Waals surface area contributed by atoms with Crippen LogP contribution in [0, 0.1) is 0 Å². The van der Waals surface area contributed by atoms with Gasteiger partial charge in [0.2, 0.25) is 0 Å². The van der Waals surface area contributed by atoms with Crippen LogP contribution in [-0.2, 0) is 6.54 Å². The van der Waals surface area contributed by atoms with Crippen molar-refractivity contribution in [3.63, 3.8) is 0 Å². The molecule has 1 aliphatic rings. The van der Waals surface area contributed by atoms with Gasteiger partial charge in [-0.2, -0.15) is 0 Å². The van der Waals surface area contributed by atoms with E-state index in [4.69, 9.17) is 0 Å². The van der Waals surface area contributed by atoms with Crippen molar-refractivity contribution in [2.24, 2.45) is 0 Å². The summed E-state index contributed by atoms with van der Waals surface area (Å²) >= 11 is 0. The molecule has 0 bridgehead atoms. The molecule has 1 N–H and O–H groups in total. The van der Waals surface area contributed by atoms with Crippen molar-refractivity contribution >= 4 is 0 Å². The number of rotatable bonds is 3. The number of benzene rings is 1. The van der Waals surface area contributed by atoms with Crippen molar-refractivity contribution in [3.8, 4) is 0 Å². The summed E-state index contributed by atoms with van der Waals surface area (Å²) in [4.78, 5) is 0. The molecule has 1 nitrogen and oxygen atoms in total. The molecule has 0 aliphatic heterocycles. The zero-order valence-electron chi connectivity index (χ0n) is 10.1. The maximum Gasteiger partial charge on any atom is 0.0282 e. The van der Waals surface area contributed by atoms with E-state index >= 15 is 0 Å². The largest absolute Gasteiger partial charge is 0.306 e. The first-order chi connectivity index (χ1) is 7.90. The molecule has 1 saturated carbocycles. The lowest BCUT2D eigenvalue weighted by atomic mass is 9.89. The van der Waals surface area contributed by atoms with Gasteiger partial charge in [0.15, 0.2) is 0 Å². The fraction of sp³-hybridized carbons (Fsp3) is 0.467. The van der Waals surface area contributed by atoms with Crippen molar-refractivity contribution in [3.05, 3.63) is 47.5 Å². The molecule has 1 aliphatic carbocycles. The van der Waals surface area contributed by atoms with Gasteiger partial charge in [0.05, 0.1) is 0 Å². The zero-order chi connectivity index (χ0) is 11.2. The van der Waals surface area contributed by atoms with Gasteiger partial charge in [0, 0.05) is 12.6 Å². The first-order valence-corrected chi connectivity index (χ1v) is 6.32. The highest BCUT2D eigenvalue weighted by Gasteiger charge is 2.16. The summed E-state index contributed by atoms with van der Waals surface area (Å²) in [6.45, 7) is 3.15. The van der Waals surface area contributed by atoms with Crippen LogP contribution in [0.15, 0.2) is 42.0 Å². The minimum atomic E-state index is 0.610. The van der Waals surface area contributed by atoms with Crippen molar-refractivity contribution in [1.29, 1.82) is 0 Å². The SMILES string of the molecule is C/C=C1\CCCC[C@H]1NCc1ccccc1. The van der Waals surface area contributed by atoms with Gasteiger partial charge in [-0.1, -0.05) is 48.4 Å². The average Bonchev–Trinajstić information content (AvgIpc) is 2.38. The van der Waals surface area contributed by atoms with Gasteiger partial charge in [0.1, 0.15) is 0 Å². The van der Waals surface area contributed by atoms with Gasteiger partial charge >= 0.3 is 0 Å². The Hall–Kier alpha value is -1.08. The maximum atomic E-state index is 3.67. The molecule has 1 aromatic rings. The predicted molar refractivity (Wildman–Crippen MR) is 69.3 cm³/mol. The van der Waals surface area contributed by atoms with E-state index < -0.39 is 0 Å². The fourth-order valence-corrected chi connectivity index (χ4v) is 2.45. The molecule has 0 radical (unpaired) electrons. The van der Waals surface area contributed by atoms with E-state index in [0.717, 1.165) is 6.54 Å². The van der Waals surface area contributed by atoms with E-state index in [1.165, 1.54) is 31.2 Å². The van der Waals surface area contributed by atoms with Crippen LogP contribution < -0.4 is 5.32 Å². The molecule has 1 aromatic carbocycles. The normalized spacial score (nSPS) is 23.6. The highest BCUT2D eigenvalue weighted by molar-refractivity contribution is 5.17. The number of allylic oxidation sites excluding steroid dienone is 1. The second-order valence-corrected chi connectivity index (χ2v) is 4.53. The summed E-state index contributed by atoms with van der Waals surface area (Å²) in [5.41, 5.74) is 2.98. The van der Waals surface area contributed by atoms with E-state index in [2.05, 4.69) is 48.6 Å². The van der Waals surface area contributed by atoms with Crippen LogP contribution in [0.5, 0.6) is 0 Å². The number of hydrogen-bond acceptors (Lipinski definition) is 1. The molecule has 86 valence electrons. The Bertz CT molecular complexity index is 340. The quantitative estimate of drug-likeness (QED) is 0.759. The minimum absolute atomic E-state index is 0.610. The van der Waals surface area contributed by atoms with Gasteiger partial charge in [0.25, 0.3) is 0 Å². The molecule has 0 saturated heterocycles. The van der Waals surface area contributed by atoms with Gasteiger partial charge in [-0.15, -0.1) is 0 Å². The Balaban J connectivity index is 1.89. The lowest BCUT2D eigenvalue weighted by molar-refractivity contribution is 0.452. The van der Waals surface area contributed by atoms with Crippen molar-refractivity contribution < 1.29 is 0 Å². The molecule has 0 heterocycles. The topological polar surface area (TPSA) is 12.0 Å². The third-order valence-corrected chi connectivity index (χ3v) is 3.42. The summed E-state index contributed by atoms with van der Waals surface area (Å²) in [5, 5.41) is 3.67. The monoisotopic (exact) mass is 215 g/mol. The second kappa shape index (κ2) is 5.86. The van der Waals surface area contributed by atoms with Gasteiger partial charge < -0.3 is 5.32 Å². The first-order valence-electron chi connectivity index (χ1n) is 6.32. The zero-order valence-corrected chi connectivity index (χ0v) is 10.1. The van der Waals surface area contributed by atoms with Crippen LogP contribution in [0.3, 0.4) is 0 Å². The molecule has 1 atom stereocenters. The first kappa shape index (κ1) is 11.4. The second-order valence-electron chi connectivity index (χ2n) is 4.53.